The largest absolute Gasteiger partial charge is 0.303 e. The number of aldehydes is 1. The summed E-state index contributed by atoms with van der Waals surface area (Å²) in [4.78, 5) is 18.7. The summed E-state index contributed by atoms with van der Waals surface area (Å²) in [5.74, 6) is 0. The molecule has 16 heavy (non-hydrogen) atoms. The summed E-state index contributed by atoms with van der Waals surface area (Å²) in [6, 6.07) is 0. The average Bonchev–Trinajstić information content (AvgIpc) is 2.64. The van der Waals surface area contributed by atoms with E-state index in [0.717, 1.165) is 31.5 Å². The van der Waals surface area contributed by atoms with E-state index >= 15 is 0 Å². The minimum atomic E-state index is -0.229. The van der Waals surface area contributed by atoms with E-state index in [0.29, 0.717) is 0 Å². The number of thiazole rings is 1. The molecular formula is C12H20N2OS. The maximum Gasteiger partial charge on any atom is 0.127 e. The van der Waals surface area contributed by atoms with Gasteiger partial charge in [-0.1, -0.05) is 13.8 Å². The first-order chi connectivity index (χ1) is 7.50. The van der Waals surface area contributed by atoms with Gasteiger partial charge in [-0.15, -0.1) is 11.3 Å². The van der Waals surface area contributed by atoms with Crippen molar-refractivity contribution in [2.75, 3.05) is 13.6 Å². The number of hydrogen-bond acceptors (Lipinski definition) is 4. The Bertz CT molecular complexity index is 351. The van der Waals surface area contributed by atoms with Crippen molar-refractivity contribution in [3.8, 4) is 0 Å². The van der Waals surface area contributed by atoms with Gasteiger partial charge in [-0.2, -0.15) is 0 Å². The van der Waals surface area contributed by atoms with Crippen molar-refractivity contribution in [1.29, 1.82) is 0 Å². The number of rotatable bonds is 6. The third kappa shape index (κ3) is 3.39. The van der Waals surface area contributed by atoms with Crippen molar-refractivity contribution < 1.29 is 4.79 Å². The molecule has 0 N–H and O–H groups in total. The Labute approximate surface area is 101 Å². The number of aromatic nitrogens is 1. The molecule has 0 saturated carbocycles. The molecule has 1 atom stereocenters. The fraction of sp³-hybridized carbons (Fsp3) is 0.667. The van der Waals surface area contributed by atoms with Crippen molar-refractivity contribution in [2.24, 2.45) is 5.41 Å². The van der Waals surface area contributed by atoms with Gasteiger partial charge in [-0.25, -0.2) is 4.98 Å². The highest BCUT2D eigenvalue weighted by molar-refractivity contribution is 7.09. The highest BCUT2D eigenvalue weighted by Crippen LogP contribution is 2.21. The van der Waals surface area contributed by atoms with Crippen LogP contribution in [-0.4, -0.2) is 29.8 Å². The maximum atomic E-state index is 11.0. The molecule has 0 aromatic carbocycles. The number of hydrogen-bond donors (Lipinski definition) is 0. The maximum absolute atomic E-state index is 11.0. The lowest BCUT2D eigenvalue weighted by molar-refractivity contribution is -0.116. The molecule has 0 spiro atoms. The summed E-state index contributed by atoms with van der Waals surface area (Å²) in [6.07, 6.45) is 1.95. The summed E-state index contributed by atoms with van der Waals surface area (Å²) < 4.78 is 0. The summed E-state index contributed by atoms with van der Waals surface area (Å²) in [7, 11) is 2.05. The fourth-order valence-electron chi connectivity index (χ4n) is 1.63. The van der Waals surface area contributed by atoms with Crippen molar-refractivity contribution in [3.05, 3.63) is 16.1 Å². The highest BCUT2D eigenvalue weighted by Gasteiger charge is 2.23. The zero-order chi connectivity index (χ0) is 12.2. The lowest BCUT2D eigenvalue weighted by atomic mass is 9.89. The van der Waals surface area contributed by atoms with Crippen LogP contribution in [-0.2, 0) is 11.3 Å². The third-order valence-electron chi connectivity index (χ3n) is 2.98. The molecule has 0 aliphatic heterocycles. The van der Waals surface area contributed by atoms with E-state index in [-0.39, 0.29) is 5.41 Å². The van der Waals surface area contributed by atoms with Gasteiger partial charge < -0.3 is 9.69 Å². The van der Waals surface area contributed by atoms with Gasteiger partial charge in [0, 0.05) is 23.4 Å². The number of carbonyl (C=O) groups is 1. The van der Waals surface area contributed by atoms with Crippen LogP contribution in [0.3, 0.4) is 0 Å². The van der Waals surface area contributed by atoms with Crippen LogP contribution in [0, 0.1) is 12.3 Å². The molecule has 0 aliphatic carbocycles. The molecule has 90 valence electrons. The van der Waals surface area contributed by atoms with Crippen LogP contribution in [0.25, 0.3) is 0 Å². The molecule has 0 fully saturated rings. The molecule has 3 nitrogen and oxygen atoms in total. The molecule has 0 bridgehead atoms. The Kier molecular flexibility index (Phi) is 4.62. The van der Waals surface area contributed by atoms with Crippen molar-refractivity contribution >= 4 is 17.6 Å². The van der Waals surface area contributed by atoms with E-state index in [9.17, 15) is 4.79 Å². The Morgan fingerprint density at radius 1 is 1.62 bits per heavy atom. The Morgan fingerprint density at radius 2 is 2.31 bits per heavy atom. The molecule has 1 heterocycles. The van der Waals surface area contributed by atoms with Gasteiger partial charge in [0.1, 0.15) is 6.29 Å². The average molecular weight is 240 g/mol. The molecule has 1 rings (SSSR count). The minimum Gasteiger partial charge on any atom is -0.303 e. The molecule has 1 aromatic rings. The first-order valence-electron chi connectivity index (χ1n) is 5.54. The Balaban J connectivity index is 2.57. The molecule has 0 amide bonds. The quantitative estimate of drug-likeness (QED) is 0.716. The zero-order valence-electron chi connectivity index (χ0n) is 10.5. The van der Waals surface area contributed by atoms with Crippen LogP contribution in [0.4, 0.5) is 0 Å². The van der Waals surface area contributed by atoms with E-state index in [1.54, 1.807) is 11.3 Å². The van der Waals surface area contributed by atoms with Crippen LogP contribution >= 0.6 is 11.3 Å². The number of aryl methyl sites for hydroxylation is 1. The van der Waals surface area contributed by atoms with Crippen LogP contribution in [0.5, 0.6) is 0 Å². The van der Waals surface area contributed by atoms with Gasteiger partial charge in [0.15, 0.2) is 0 Å². The van der Waals surface area contributed by atoms with E-state index in [1.807, 2.05) is 19.4 Å². The van der Waals surface area contributed by atoms with E-state index in [4.69, 9.17) is 0 Å². The molecule has 0 aliphatic rings. The lowest BCUT2D eigenvalue weighted by Gasteiger charge is -2.27. The topological polar surface area (TPSA) is 33.2 Å². The second-order valence-corrected chi connectivity index (χ2v) is 5.60. The summed E-state index contributed by atoms with van der Waals surface area (Å²) in [5, 5.41) is 0. The molecule has 4 heteroatoms. The predicted octanol–water partition coefficient (Wildman–Crippen LogP) is 2.50. The lowest BCUT2D eigenvalue weighted by Crippen LogP contribution is -2.33. The van der Waals surface area contributed by atoms with Gasteiger partial charge in [-0.05, 0) is 20.4 Å². The Morgan fingerprint density at radius 3 is 2.75 bits per heavy atom. The molecule has 1 unspecified atom stereocenters. The molecular weight excluding hydrogens is 220 g/mol. The van der Waals surface area contributed by atoms with Gasteiger partial charge in [0.05, 0.1) is 11.2 Å². The summed E-state index contributed by atoms with van der Waals surface area (Å²) in [6.45, 7) is 7.76. The minimum absolute atomic E-state index is 0.229. The number of nitrogens with zero attached hydrogens (tertiary/aromatic N) is 2. The van der Waals surface area contributed by atoms with Crippen molar-refractivity contribution in [1.82, 2.24) is 9.88 Å². The second kappa shape index (κ2) is 5.55. The van der Waals surface area contributed by atoms with Crippen LogP contribution in [0.2, 0.25) is 0 Å². The fourth-order valence-corrected chi connectivity index (χ4v) is 2.48. The standard InChI is InChI=1S/C12H20N2OS/c1-5-12(3,8-15)7-14(4)6-11-10(2)13-9-16-11/h8-9H,5-7H2,1-4H3. The first-order valence-corrected chi connectivity index (χ1v) is 6.42. The molecule has 0 radical (unpaired) electrons. The van der Waals surface area contributed by atoms with Crippen LogP contribution < -0.4 is 0 Å². The Hall–Kier alpha value is -0.740. The zero-order valence-corrected chi connectivity index (χ0v) is 11.3. The van der Waals surface area contributed by atoms with E-state index in [1.165, 1.54) is 4.88 Å². The third-order valence-corrected chi connectivity index (χ3v) is 3.90. The first kappa shape index (κ1) is 13.3. The van der Waals surface area contributed by atoms with Gasteiger partial charge in [0.2, 0.25) is 0 Å². The second-order valence-electron chi connectivity index (χ2n) is 4.66. The summed E-state index contributed by atoms with van der Waals surface area (Å²) >= 11 is 1.68. The molecule has 0 saturated heterocycles. The monoisotopic (exact) mass is 240 g/mol. The summed E-state index contributed by atoms with van der Waals surface area (Å²) in [5.41, 5.74) is 2.74. The normalized spacial score (nSPS) is 15.1. The van der Waals surface area contributed by atoms with Gasteiger partial charge in [-0.3, -0.25) is 0 Å². The van der Waals surface area contributed by atoms with E-state index < -0.39 is 0 Å². The smallest absolute Gasteiger partial charge is 0.127 e. The SMILES string of the molecule is CCC(C)(C=O)CN(C)Cc1scnc1C. The van der Waals surface area contributed by atoms with E-state index in [2.05, 4.69) is 23.9 Å². The van der Waals surface area contributed by atoms with Crippen molar-refractivity contribution in [3.63, 3.8) is 0 Å². The van der Waals surface area contributed by atoms with Crippen LogP contribution in [0.15, 0.2) is 5.51 Å². The van der Waals surface area contributed by atoms with Crippen molar-refractivity contribution in [2.45, 2.75) is 33.7 Å². The van der Waals surface area contributed by atoms with Gasteiger partial charge >= 0.3 is 0 Å². The molecule has 1 aromatic heterocycles. The van der Waals surface area contributed by atoms with Gasteiger partial charge in [0.25, 0.3) is 0 Å². The highest BCUT2D eigenvalue weighted by atomic mass is 32.1. The predicted molar refractivity (Wildman–Crippen MR) is 67.6 cm³/mol. The van der Waals surface area contributed by atoms with Crippen LogP contribution in [0.1, 0.15) is 30.8 Å². The number of carbonyl (C=O) groups excluding carboxylic acids is 1.